The molecule has 0 radical (unpaired) electrons. The van der Waals surface area contributed by atoms with E-state index in [9.17, 15) is 4.79 Å². The molecule has 2 aromatic carbocycles. The number of methoxy groups -OCH3 is 1. The van der Waals surface area contributed by atoms with Gasteiger partial charge in [0.25, 0.3) is 5.91 Å². The largest absolute Gasteiger partial charge is 0.493 e. The first-order valence-electron chi connectivity index (χ1n) is 7.04. The standard InChI is InChI=1S/C17H18BrNO3S/c1-4-22-16-14(18)9-11(10-15(16)21-2)17(20)19-12-5-7-13(23-3)8-6-12/h5-10H,4H2,1-3H3,(H,19,20). The Hall–Kier alpha value is -1.66. The lowest BCUT2D eigenvalue weighted by Crippen LogP contribution is -2.12. The van der Waals surface area contributed by atoms with Gasteiger partial charge in [-0.05, 0) is 65.5 Å². The number of benzene rings is 2. The van der Waals surface area contributed by atoms with Crippen molar-refractivity contribution < 1.29 is 14.3 Å². The van der Waals surface area contributed by atoms with Gasteiger partial charge in [0, 0.05) is 16.1 Å². The van der Waals surface area contributed by atoms with E-state index in [1.54, 1.807) is 31.0 Å². The minimum absolute atomic E-state index is 0.205. The maximum Gasteiger partial charge on any atom is 0.255 e. The van der Waals surface area contributed by atoms with Gasteiger partial charge in [0.15, 0.2) is 11.5 Å². The van der Waals surface area contributed by atoms with Crippen molar-refractivity contribution in [2.75, 3.05) is 25.3 Å². The molecule has 6 heteroatoms. The number of carbonyl (C=O) groups excluding carboxylic acids is 1. The van der Waals surface area contributed by atoms with Gasteiger partial charge in [-0.1, -0.05) is 0 Å². The van der Waals surface area contributed by atoms with Crippen molar-refractivity contribution in [2.45, 2.75) is 11.8 Å². The zero-order valence-electron chi connectivity index (χ0n) is 13.2. The van der Waals surface area contributed by atoms with Gasteiger partial charge in [-0.2, -0.15) is 0 Å². The van der Waals surface area contributed by atoms with Crippen molar-refractivity contribution in [3.8, 4) is 11.5 Å². The molecule has 0 atom stereocenters. The smallest absolute Gasteiger partial charge is 0.255 e. The molecule has 122 valence electrons. The van der Waals surface area contributed by atoms with Crippen LogP contribution in [0.25, 0.3) is 0 Å². The van der Waals surface area contributed by atoms with Crippen LogP contribution < -0.4 is 14.8 Å². The van der Waals surface area contributed by atoms with Crippen LogP contribution in [0.15, 0.2) is 45.8 Å². The number of thioether (sulfide) groups is 1. The molecule has 1 amide bonds. The van der Waals surface area contributed by atoms with Crippen LogP contribution in [0.1, 0.15) is 17.3 Å². The summed E-state index contributed by atoms with van der Waals surface area (Å²) < 4.78 is 11.5. The van der Waals surface area contributed by atoms with E-state index in [1.165, 1.54) is 0 Å². The first kappa shape index (κ1) is 17.7. The van der Waals surface area contributed by atoms with E-state index in [2.05, 4.69) is 21.2 Å². The van der Waals surface area contributed by atoms with Crippen LogP contribution in [0.4, 0.5) is 5.69 Å². The summed E-state index contributed by atoms with van der Waals surface area (Å²) in [6.07, 6.45) is 2.01. The molecule has 0 aliphatic carbocycles. The van der Waals surface area contributed by atoms with Gasteiger partial charge in [-0.3, -0.25) is 4.79 Å². The number of hydrogen-bond acceptors (Lipinski definition) is 4. The Morgan fingerprint density at radius 2 is 1.96 bits per heavy atom. The molecule has 0 heterocycles. The first-order valence-corrected chi connectivity index (χ1v) is 9.06. The molecule has 0 saturated heterocycles. The molecule has 2 rings (SSSR count). The highest BCUT2D eigenvalue weighted by Crippen LogP contribution is 2.36. The number of rotatable bonds is 6. The van der Waals surface area contributed by atoms with Crippen LogP contribution in [0.5, 0.6) is 11.5 Å². The number of amides is 1. The highest BCUT2D eigenvalue weighted by Gasteiger charge is 2.15. The number of anilines is 1. The Morgan fingerprint density at radius 3 is 2.52 bits per heavy atom. The molecular formula is C17H18BrNO3S. The van der Waals surface area contributed by atoms with Gasteiger partial charge >= 0.3 is 0 Å². The van der Waals surface area contributed by atoms with Gasteiger partial charge in [0.2, 0.25) is 0 Å². The summed E-state index contributed by atoms with van der Waals surface area (Å²) in [7, 11) is 1.55. The van der Waals surface area contributed by atoms with Crippen LogP contribution in [0.2, 0.25) is 0 Å². The molecule has 23 heavy (non-hydrogen) atoms. The monoisotopic (exact) mass is 395 g/mol. The zero-order valence-corrected chi connectivity index (χ0v) is 15.6. The van der Waals surface area contributed by atoms with Crippen LogP contribution >= 0.6 is 27.7 Å². The van der Waals surface area contributed by atoms with E-state index in [0.717, 1.165) is 10.6 Å². The first-order chi connectivity index (χ1) is 11.1. The molecule has 0 saturated carbocycles. The fraction of sp³-hybridized carbons (Fsp3) is 0.235. The molecule has 0 unspecified atom stereocenters. The summed E-state index contributed by atoms with van der Waals surface area (Å²) in [5.74, 6) is 0.906. The van der Waals surface area contributed by atoms with Crippen molar-refractivity contribution in [1.82, 2.24) is 0 Å². The Labute approximate surface area is 148 Å². The van der Waals surface area contributed by atoms with Gasteiger partial charge in [-0.15, -0.1) is 11.8 Å². The molecule has 0 spiro atoms. The SMILES string of the molecule is CCOc1c(Br)cc(C(=O)Nc2ccc(SC)cc2)cc1OC. The van der Waals surface area contributed by atoms with Crippen molar-refractivity contribution in [1.29, 1.82) is 0 Å². The molecule has 4 nitrogen and oxygen atoms in total. The van der Waals surface area contributed by atoms with Gasteiger partial charge in [0.05, 0.1) is 18.2 Å². The fourth-order valence-corrected chi connectivity index (χ4v) is 2.98. The fourth-order valence-electron chi connectivity index (χ4n) is 2.01. The number of ether oxygens (including phenoxy) is 2. The third kappa shape index (κ3) is 4.42. The second-order valence-electron chi connectivity index (χ2n) is 4.61. The van der Waals surface area contributed by atoms with Gasteiger partial charge < -0.3 is 14.8 Å². The third-order valence-corrected chi connectivity index (χ3v) is 4.46. The lowest BCUT2D eigenvalue weighted by Gasteiger charge is -2.13. The van der Waals surface area contributed by atoms with E-state index >= 15 is 0 Å². The van der Waals surface area contributed by atoms with E-state index in [4.69, 9.17) is 9.47 Å². The average molecular weight is 396 g/mol. The average Bonchev–Trinajstić information content (AvgIpc) is 2.57. The Bertz CT molecular complexity index is 689. The highest BCUT2D eigenvalue weighted by atomic mass is 79.9. The topological polar surface area (TPSA) is 47.6 Å². The Balaban J connectivity index is 2.22. The van der Waals surface area contributed by atoms with E-state index in [1.807, 2.05) is 37.4 Å². The molecule has 0 bridgehead atoms. The number of carbonyl (C=O) groups is 1. The van der Waals surface area contributed by atoms with E-state index < -0.39 is 0 Å². The molecule has 1 N–H and O–H groups in total. The molecule has 0 aromatic heterocycles. The molecule has 0 aliphatic heterocycles. The maximum atomic E-state index is 12.4. The summed E-state index contributed by atoms with van der Waals surface area (Å²) in [6.45, 7) is 2.41. The van der Waals surface area contributed by atoms with Crippen molar-refractivity contribution >= 4 is 39.3 Å². The molecule has 0 fully saturated rings. The summed E-state index contributed by atoms with van der Waals surface area (Å²) in [5, 5.41) is 2.87. The van der Waals surface area contributed by atoms with Crippen LogP contribution in [-0.4, -0.2) is 25.9 Å². The van der Waals surface area contributed by atoms with Gasteiger partial charge in [-0.25, -0.2) is 0 Å². The van der Waals surface area contributed by atoms with Crippen LogP contribution in [0.3, 0.4) is 0 Å². The second-order valence-corrected chi connectivity index (χ2v) is 6.34. The predicted octanol–water partition coefficient (Wildman–Crippen LogP) is 4.83. The van der Waals surface area contributed by atoms with Crippen molar-refractivity contribution in [3.63, 3.8) is 0 Å². The van der Waals surface area contributed by atoms with Crippen molar-refractivity contribution in [3.05, 3.63) is 46.4 Å². The minimum Gasteiger partial charge on any atom is -0.493 e. The molecule has 0 aliphatic rings. The summed E-state index contributed by atoms with van der Waals surface area (Å²) in [5.41, 5.74) is 1.24. The molecular weight excluding hydrogens is 378 g/mol. The predicted molar refractivity (Wildman–Crippen MR) is 98.0 cm³/mol. The van der Waals surface area contributed by atoms with E-state index in [0.29, 0.717) is 28.1 Å². The number of halogens is 1. The zero-order chi connectivity index (χ0) is 16.8. The second kappa shape index (κ2) is 8.26. The van der Waals surface area contributed by atoms with Crippen LogP contribution in [-0.2, 0) is 0 Å². The normalized spacial score (nSPS) is 10.3. The van der Waals surface area contributed by atoms with Gasteiger partial charge in [0.1, 0.15) is 0 Å². The summed E-state index contributed by atoms with van der Waals surface area (Å²) in [6, 6.07) is 11.1. The molecule has 2 aromatic rings. The van der Waals surface area contributed by atoms with E-state index in [-0.39, 0.29) is 5.91 Å². The third-order valence-electron chi connectivity index (χ3n) is 3.13. The number of hydrogen-bond donors (Lipinski definition) is 1. The summed E-state index contributed by atoms with van der Waals surface area (Å²) >= 11 is 5.08. The minimum atomic E-state index is -0.205. The quantitative estimate of drug-likeness (QED) is 0.711. The Kier molecular flexibility index (Phi) is 6.36. The van der Waals surface area contributed by atoms with Crippen LogP contribution in [0, 0.1) is 0 Å². The number of nitrogens with one attached hydrogen (secondary N) is 1. The highest BCUT2D eigenvalue weighted by molar-refractivity contribution is 9.10. The maximum absolute atomic E-state index is 12.4. The summed E-state index contributed by atoms with van der Waals surface area (Å²) in [4.78, 5) is 13.6. The van der Waals surface area contributed by atoms with Crippen molar-refractivity contribution in [2.24, 2.45) is 0 Å². The lowest BCUT2D eigenvalue weighted by molar-refractivity contribution is 0.102. The Morgan fingerprint density at radius 1 is 1.26 bits per heavy atom. The lowest BCUT2D eigenvalue weighted by atomic mass is 10.2.